The maximum Gasteiger partial charge on any atom is 0.234 e. The third-order valence-corrected chi connectivity index (χ3v) is 7.57. The van der Waals surface area contributed by atoms with Gasteiger partial charge in [0.15, 0.2) is 5.16 Å². The van der Waals surface area contributed by atoms with E-state index in [1.165, 1.54) is 31.0 Å². The largest absolute Gasteiger partial charge is 0.378 e. The number of piperidine rings is 1. The number of anilines is 3. The van der Waals surface area contributed by atoms with E-state index in [1.54, 1.807) is 0 Å². The molecule has 1 atom stereocenters. The highest BCUT2D eigenvalue weighted by molar-refractivity contribution is 7.99. The van der Waals surface area contributed by atoms with Crippen molar-refractivity contribution in [2.45, 2.75) is 49.9 Å². The zero-order valence-corrected chi connectivity index (χ0v) is 20.5. The number of hydrogen-bond donors (Lipinski definition) is 1. The second kappa shape index (κ2) is 11.4. The lowest BCUT2D eigenvalue weighted by molar-refractivity contribution is -0.113. The molecule has 1 aromatic heterocycles. The van der Waals surface area contributed by atoms with Crippen LogP contribution in [0.4, 0.5) is 17.3 Å². The van der Waals surface area contributed by atoms with E-state index in [4.69, 9.17) is 9.47 Å². The van der Waals surface area contributed by atoms with Crippen molar-refractivity contribution in [3.8, 4) is 0 Å². The highest BCUT2D eigenvalue weighted by Gasteiger charge is 2.25. The summed E-state index contributed by atoms with van der Waals surface area (Å²) in [6, 6.07) is 8.03. The Hall–Kier alpha value is -2.30. The van der Waals surface area contributed by atoms with Crippen molar-refractivity contribution in [3.63, 3.8) is 0 Å². The van der Waals surface area contributed by atoms with Crippen LogP contribution in [0.5, 0.6) is 0 Å². The highest BCUT2D eigenvalue weighted by Crippen LogP contribution is 2.27. The molecule has 3 saturated heterocycles. The SMILES string of the molecule is O=C(CSc1nnc(N2CCCCC2)n1CC1CCCO1)Nc1ccc(N2CCOCC2)cc1. The zero-order valence-electron chi connectivity index (χ0n) is 19.7. The number of carbonyl (C=O) groups is 1. The highest BCUT2D eigenvalue weighted by atomic mass is 32.2. The Balaban J connectivity index is 1.19. The van der Waals surface area contributed by atoms with Gasteiger partial charge in [-0.25, -0.2) is 0 Å². The lowest BCUT2D eigenvalue weighted by Gasteiger charge is -2.28. The third-order valence-electron chi connectivity index (χ3n) is 6.61. The van der Waals surface area contributed by atoms with Gasteiger partial charge in [-0.3, -0.25) is 9.36 Å². The number of aromatic nitrogens is 3. The van der Waals surface area contributed by atoms with Crippen molar-refractivity contribution in [2.75, 3.05) is 66.9 Å². The van der Waals surface area contributed by atoms with Gasteiger partial charge in [-0.2, -0.15) is 0 Å². The van der Waals surface area contributed by atoms with Gasteiger partial charge in [-0.15, -0.1) is 10.2 Å². The van der Waals surface area contributed by atoms with Crippen LogP contribution in [0.3, 0.4) is 0 Å². The van der Waals surface area contributed by atoms with Gasteiger partial charge in [0.05, 0.1) is 31.6 Å². The molecule has 0 radical (unpaired) electrons. The van der Waals surface area contributed by atoms with Gasteiger partial charge in [-0.05, 0) is 56.4 Å². The maximum atomic E-state index is 12.7. The molecule has 184 valence electrons. The third kappa shape index (κ3) is 5.84. The molecule has 3 fully saturated rings. The average molecular weight is 487 g/mol. The second-order valence-electron chi connectivity index (χ2n) is 9.06. The average Bonchev–Trinajstić information content (AvgIpc) is 3.55. The second-order valence-corrected chi connectivity index (χ2v) is 10.0. The number of rotatable bonds is 8. The summed E-state index contributed by atoms with van der Waals surface area (Å²) in [5, 5.41) is 12.8. The van der Waals surface area contributed by atoms with Crippen LogP contribution in [0, 0.1) is 0 Å². The number of ether oxygens (including phenoxy) is 2. The molecular weight excluding hydrogens is 452 g/mol. The molecule has 0 saturated carbocycles. The van der Waals surface area contributed by atoms with Crippen LogP contribution < -0.4 is 15.1 Å². The van der Waals surface area contributed by atoms with Gasteiger partial charge >= 0.3 is 0 Å². The predicted molar refractivity (Wildman–Crippen MR) is 134 cm³/mol. The van der Waals surface area contributed by atoms with Gasteiger partial charge in [0.2, 0.25) is 11.9 Å². The number of carbonyl (C=O) groups excluding carboxylic acids is 1. The van der Waals surface area contributed by atoms with Gasteiger partial charge in [0.1, 0.15) is 0 Å². The van der Waals surface area contributed by atoms with Crippen molar-refractivity contribution in [3.05, 3.63) is 24.3 Å². The zero-order chi connectivity index (χ0) is 23.2. The minimum atomic E-state index is -0.0460. The molecule has 0 bridgehead atoms. The molecule has 10 heteroatoms. The first-order valence-corrected chi connectivity index (χ1v) is 13.4. The van der Waals surface area contributed by atoms with Gasteiger partial charge in [-0.1, -0.05) is 11.8 Å². The van der Waals surface area contributed by atoms with E-state index in [9.17, 15) is 4.79 Å². The van der Waals surface area contributed by atoms with Gasteiger partial charge in [0, 0.05) is 44.2 Å². The fourth-order valence-electron chi connectivity index (χ4n) is 4.77. The molecule has 2 aromatic rings. The number of amides is 1. The summed E-state index contributed by atoms with van der Waals surface area (Å²) in [7, 11) is 0. The first-order chi connectivity index (χ1) is 16.8. The van der Waals surface area contributed by atoms with Crippen LogP contribution in [0.15, 0.2) is 29.4 Å². The number of hydrogen-bond acceptors (Lipinski definition) is 8. The standard InChI is InChI=1S/C24H34N6O3S/c31-22(25-19-6-8-20(9-7-19)28-12-15-32-16-13-28)18-34-24-27-26-23(29-10-2-1-3-11-29)30(24)17-21-5-4-14-33-21/h6-9,21H,1-5,10-18H2,(H,25,31). The number of morpholine rings is 1. The van der Waals surface area contributed by atoms with Crippen LogP contribution in [0.1, 0.15) is 32.1 Å². The van der Waals surface area contributed by atoms with Gasteiger partial charge in [0.25, 0.3) is 0 Å². The quantitative estimate of drug-likeness (QED) is 0.570. The summed E-state index contributed by atoms with van der Waals surface area (Å²) < 4.78 is 13.5. The molecule has 1 aromatic carbocycles. The van der Waals surface area contributed by atoms with E-state index in [2.05, 4.69) is 42.0 Å². The Labute approximate surface area is 205 Å². The van der Waals surface area contributed by atoms with E-state index in [0.717, 1.165) is 87.9 Å². The summed E-state index contributed by atoms with van der Waals surface area (Å²) in [6.07, 6.45) is 5.98. The Morgan fingerprint density at radius 1 is 0.971 bits per heavy atom. The molecule has 4 heterocycles. The normalized spacial score (nSPS) is 21.1. The molecule has 1 unspecified atom stereocenters. The molecule has 0 aliphatic carbocycles. The number of thioether (sulfide) groups is 1. The monoisotopic (exact) mass is 486 g/mol. The van der Waals surface area contributed by atoms with Crippen molar-refractivity contribution < 1.29 is 14.3 Å². The minimum absolute atomic E-state index is 0.0460. The topological polar surface area (TPSA) is 84.8 Å². The van der Waals surface area contributed by atoms with Gasteiger partial charge < -0.3 is 24.6 Å². The summed E-state index contributed by atoms with van der Waals surface area (Å²) in [5.74, 6) is 1.15. The van der Waals surface area contributed by atoms with Crippen LogP contribution in [-0.2, 0) is 20.8 Å². The molecule has 1 amide bonds. The maximum absolute atomic E-state index is 12.7. The lowest BCUT2D eigenvalue weighted by Crippen LogP contribution is -2.36. The molecule has 3 aliphatic heterocycles. The van der Waals surface area contributed by atoms with Crippen molar-refractivity contribution in [2.24, 2.45) is 0 Å². The van der Waals surface area contributed by atoms with E-state index in [1.807, 2.05) is 12.1 Å². The summed E-state index contributed by atoms with van der Waals surface area (Å²) in [4.78, 5) is 17.3. The van der Waals surface area contributed by atoms with Crippen LogP contribution in [0.25, 0.3) is 0 Å². The molecule has 3 aliphatic rings. The molecular formula is C24H34N6O3S. The first-order valence-electron chi connectivity index (χ1n) is 12.4. The molecule has 34 heavy (non-hydrogen) atoms. The fraction of sp³-hybridized carbons (Fsp3) is 0.625. The Bertz CT molecular complexity index is 935. The molecule has 1 N–H and O–H groups in total. The van der Waals surface area contributed by atoms with E-state index in [-0.39, 0.29) is 17.8 Å². The van der Waals surface area contributed by atoms with Crippen molar-refractivity contribution in [1.29, 1.82) is 0 Å². The lowest BCUT2D eigenvalue weighted by atomic mass is 10.1. The number of nitrogens with one attached hydrogen (secondary N) is 1. The van der Waals surface area contributed by atoms with Crippen LogP contribution >= 0.6 is 11.8 Å². The van der Waals surface area contributed by atoms with E-state index < -0.39 is 0 Å². The van der Waals surface area contributed by atoms with Crippen molar-refractivity contribution >= 4 is 35.0 Å². The van der Waals surface area contributed by atoms with E-state index in [0.29, 0.717) is 0 Å². The Morgan fingerprint density at radius 3 is 2.50 bits per heavy atom. The number of benzene rings is 1. The van der Waals surface area contributed by atoms with Crippen LogP contribution in [-0.4, -0.2) is 78.5 Å². The van der Waals surface area contributed by atoms with Crippen molar-refractivity contribution in [1.82, 2.24) is 14.8 Å². The smallest absolute Gasteiger partial charge is 0.234 e. The molecule has 5 rings (SSSR count). The Kier molecular flexibility index (Phi) is 7.87. The Morgan fingerprint density at radius 2 is 1.76 bits per heavy atom. The summed E-state index contributed by atoms with van der Waals surface area (Å²) in [5.41, 5.74) is 1.96. The van der Waals surface area contributed by atoms with E-state index >= 15 is 0 Å². The summed E-state index contributed by atoms with van der Waals surface area (Å²) in [6.45, 7) is 6.89. The fourth-order valence-corrected chi connectivity index (χ4v) is 5.51. The van der Waals surface area contributed by atoms with Crippen LogP contribution in [0.2, 0.25) is 0 Å². The molecule has 9 nitrogen and oxygen atoms in total. The summed E-state index contributed by atoms with van der Waals surface area (Å²) >= 11 is 1.44. The molecule has 0 spiro atoms. The predicted octanol–water partition coefficient (Wildman–Crippen LogP) is 3.01. The first kappa shape index (κ1) is 23.4. The minimum Gasteiger partial charge on any atom is -0.378 e. The number of nitrogens with zero attached hydrogens (tertiary/aromatic N) is 5.